The van der Waals surface area contributed by atoms with Gasteiger partial charge in [0.05, 0.1) is 0 Å². The first-order valence-electron chi connectivity index (χ1n) is 4.72. The molecule has 0 saturated heterocycles. The van der Waals surface area contributed by atoms with Gasteiger partial charge in [-0.25, -0.2) is 4.79 Å². The number of benzene rings is 1. The summed E-state index contributed by atoms with van der Waals surface area (Å²) in [6.45, 7) is 0. The lowest BCUT2D eigenvalue weighted by Gasteiger charge is -1.99. The lowest BCUT2D eigenvalue weighted by molar-refractivity contribution is -0.138. The molecule has 78 valence electrons. The molecule has 0 saturated carbocycles. The number of carbonyl (C=O) groups is 1. The van der Waals surface area contributed by atoms with Crippen LogP contribution < -0.4 is 0 Å². The van der Waals surface area contributed by atoms with E-state index in [-0.39, 0.29) is 0 Å². The molecule has 1 aromatic carbocycles. The van der Waals surface area contributed by atoms with Crippen molar-refractivity contribution in [2.24, 2.45) is 4.99 Å². The molecule has 1 heterocycles. The van der Waals surface area contributed by atoms with Crippen LogP contribution in [0.3, 0.4) is 0 Å². The maximum Gasteiger partial charge on any atom is 0.328 e. The molecule has 1 aliphatic heterocycles. The number of aliphatic imine (C=N–C) groups is 1. The predicted octanol–water partition coefficient (Wildman–Crippen LogP) is 2.38. The summed E-state index contributed by atoms with van der Waals surface area (Å²) in [4.78, 5) is 14.9. The molecule has 0 fully saturated rings. The van der Waals surface area contributed by atoms with E-state index in [0.717, 1.165) is 17.7 Å². The topological polar surface area (TPSA) is 49.7 Å². The van der Waals surface area contributed by atoms with Crippen LogP contribution in [0.4, 0.5) is 0 Å². The predicted molar refractivity (Wildman–Crippen MR) is 58.6 cm³/mol. The van der Waals surface area contributed by atoms with E-state index in [9.17, 15) is 4.79 Å². The Balaban J connectivity index is 2.22. The van der Waals surface area contributed by atoms with E-state index in [0.29, 0.717) is 11.4 Å². The highest BCUT2D eigenvalue weighted by Crippen LogP contribution is 2.20. The van der Waals surface area contributed by atoms with Crippen molar-refractivity contribution >= 4 is 23.3 Å². The highest BCUT2D eigenvalue weighted by Gasteiger charge is 2.23. The quantitative estimate of drug-likeness (QED) is 0.837. The van der Waals surface area contributed by atoms with Gasteiger partial charge in [-0.2, -0.15) is 0 Å². The number of aliphatic carboxylic acids is 1. The molecule has 2 rings (SSSR count). The van der Waals surface area contributed by atoms with Gasteiger partial charge in [-0.3, -0.25) is 4.99 Å². The fraction of sp³-hybridized carbons (Fsp3) is 0.273. The lowest BCUT2D eigenvalue weighted by atomic mass is 10.1. The smallest absolute Gasteiger partial charge is 0.328 e. The second-order valence-electron chi connectivity index (χ2n) is 3.48. The fourth-order valence-electron chi connectivity index (χ4n) is 1.63. The standard InChI is InChI=1S/C11H10ClNO2/c12-8-3-1-7(2-4-8)9-5-6-10(13-9)11(14)15/h1-4,10H,5-6H2,(H,14,15). The third kappa shape index (κ3) is 2.18. The third-order valence-electron chi connectivity index (χ3n) is 2.43. The average Bonchev–Trinajstić information content (AvgIpc) is 2.68. The number of halogens is 1. The Morgan fingerprint density at radius 2 is 2.07 bits per heavy atom. The van der Waals surface area contributed by atoms with Gasteiger partial charge in [-0.05, 0) is 30.5 Å². The summed E-state index contributed by atoms with van der Waals surface area (Å²) in [6, 6.07) is 6.73. The Kier molecular flexibility index (Phi) is 2.73. The molecule has 1 aliphatic rings. The van der Waals surface area contributed by atoms with Crippen LogP contribution in [0.5, 0.6) is 0 Å². The van der Waals surface area contributed by atoms with E-state index in [1.165, 1.54) is 0 Å². The second-order valence-corrected chi connectivity index (χ2v) is 3.91. The van der Waals surface area contributed by atoms with Crippen LogP contribution in [0.1, 0.15) is 18.4 Å². The van der Waals surface area contributed by atoms with E-state index < -0.39 is 12.0 Å². The summed E-state index contributed by atoms with van der Waals surface area (Å²) in [5.74, 6) is -0.848. The van der Waals surface area contributed by atoms with Gasteiger partial charge in [0.1, 0.15) is 6.04 Å². The summed E-state index contributed by atoms with van der Waals surface area (Å²) in [6.07, 6.45) is 1.31. The molecule has 4 heteroatoms. The minimum atomic E-state index is -0.848. The van der Waals surface area contributed by atoms with Crippen LogP contribution in [0, 0.1) is 0 Å². The van der Waals surface area contributed by atoms with Crippen molar-refractivity contribution in [1.82, 2.24) is 0 Å². The molecule has 1 N–H and O–H groups in total. The number of hydrogen-bond donors (Lipinski definition) is 1. The molecule has 0 amide bonds. The van der Waals surface area contributed by atoms with E-state index in [1.807, 2.05) is 12.1 Å². The van der Waals surface area contributed by atoms with Crippen LogP contribution in [-0.2, 0) is 4.79 Å². The first-order chi connectivity index (χ1) is 7.16. The average molecular weight is 224 g/mol. The Morgan fingerprint density at radius 3 is 2.60 bits per heavy atom. The largest absolute Gasteiger partial charge is 0.480 e. The molecule has 1 aromatic rings. The molecule has 0 spiro atoms. The van der Waals surface area contributed by atoms with Crippen molar-refractivity contribution in [2.45, 2.75) is 18.9 Å². The zero-order valence-electron chi connectivity index (χ0n) is 7.98. The molecule has 15 heavy (non-hydrogen) atoms. The zero-order chi connectivity index (χ0) is 10.8. The Labute approximate surface area is 92.4 Å². The number of rotatable bonds is 2. The molecular formula is C11H10ClNO2. The monoisotopic (exact) mass is 223 g/mol. The van der Waals surface area contributed by atoms with Gasteiger partial charge in [0.25, 0.3) is 0 Å². The summed E-state index contributed by atoms with van der Waals surface area (Å²) < 4.78 is 0. The molecule has 1 atom stereocenters. The van der Waals surface area contributed by atoms with Gasteiger partial charge in [0.15, 0.2) is 0 Å². The van der Waals surface area contributed by atoms with Crippen molar-refractivity contribution in [1.29, 1.82) is 0 Å². The number of carboxylic acids is 1. The highest BCUT2D eigenvalue weighted by molar-refractivity contribution is 6.30. The number of nitrogens with zero attached hydrogens (tertiary/aromatic N) is 1. The van der Waals surface area contributed by atoms with Crippen molar-refractivity contribution in [2.75, 3.05) is 0 Å². The lowest BCUT2D eigenvalue weighted by Crippen LogP contribution is -2.13. The van der Waals surface area contributed by atoms with Gasteiger partial charge in [-0.1, -0.05) is 23.7 Å². The van der Waals surface area contributed by atoms with Crippen molar-refractivity contribution in [3.05, 3.63) is 34.9 Å². The molecule has 3 nitrogen and oxygen atoms in total. The van der Waals surface area contributed by atoms with Crippen LogP contribution in [0.25, 0.3) is 0 Å². The first kappa shape index (κ1) is 10.2. The van der Waals surface area contributed by atoms with Crippen LogP contribution in [-0.4, -0.2) is 22.8 Å². The minimum absolute atomic E-state index is 0.573. The van der Waals surface area contributed by atoms with E-state index in [2.05, 4.69) is 4.99 Å². The summed E-state index contributed by atoms with van der Waals surface area (Å²) >= 11 is 5.76. The molecule has 0 radical (unpaired) electrons. The Hall–Kier alpha value is -1.35. The van der Waals surface area contributed by atoms with Gasteiger partial charge >= 0.3 is 5.97 Å². The SMILES string of the molecule is O=C(O)C1CCC(c2ccc(Cl)cc2)=N1. The Bertz CT molecular complexity index is 411. The first-order valence-corrected chi connectivity index (χ1v) is 5.10. The van der Waals surface area contributed by atoms with E-state index in [1.54, 1.807) is 12.1 Å². The molecule has 0 aromatic heterocycles. The Morgan fingerprint density at radius 1 is 1.40 bits per heavy atom. The van der Waals surface area contributed by atoms with Crippen LogP contribution in [0.15, 0.2) is 29.3 Å². The fourth-order valence-corrected chi connectivity index (χ4v) is 1.76. The second kappa shape index (κ2) is 4.03. The molecular weight excluding hydrogens is 214 g/mol. The summed E-state index contributed by atoms with van der Waals surface area (Å²) in [7, 11) is 0. The number of hydrogen-bond acceptors (Lipinski definition) is 2. The minimum Gasteiger partial charge on any atom is -0.480 e. The molecule has 0 bridgehead atoms. The summed E-state index contributed by atoms with van der Waals surface area (Å²) in [5.41, 5.74) is 1.82. The third-order valence-corrected chi connectivity index (χ3v) is 2.68. The van der Waals surface area contributed by atoms with Gasteiger partial charge < -0.3 is 5.11 Å². The van der Waals surface area contributed by atoms with Gasteiger partial charge in [0.2, 0.25) is 0 Å². The van der Waals surface area contributed by atoms with Crippen molar-refractivity contribution < 1.29 is 9.90 Å². The van der Waals surface area contributed by atoms with E-state index >= 15 is 0 Å². The maximum absolute atomic E-state index is 10.7. The highest BCUT2D eigenvalue weighted by atomic mass is 35.5. The normalized spacial score (nSPS) is 20.1. The van der Waals surface area contributed by atoms with Gasteiger partial charge in [-0.15, -0.1) is 0 Å². The molecule has 1 unspecified atom stereocenters. The zero-order valence-corrected chi connectivity index (χ0v) is 8.74. The van der Waals surface area contributed by atoms with Crippen LogP contribution in [0.2, 0.25) is 5.02 Å². The maximum atomic E-state index is 10.7. The van der Waals surface area contributed by atoms with Gasteiger partial charge in [0, 0.05) is 10.7 Å². The molecule has 0 aliphatic carbocycles. The van der Waals surface area contributed by atoms with E-state index in [4.69, 9.17) is 16.7 Å². The van der Waals surface area contributed by atoms with Crippen molar-refractivity contribution in [3.8, 4) is 0 Å². The number of carboxylic acid groups (broad SMARTS) is 1. The van der Waals surface area contributed by atoms with Crippen molar-refractivity contribution in [3.63, 3.8) is 0 Å². The van der Waals surface area contributed by atoms with Crippen LogP contribution >= 0.6 is 11.6 Å². The summed E-state index contributed by atoms with van der Waals surface area (Å²) in [5, 5.41) is 9.47.